The number of nitrogens with one attached hydrogen (secondary N) is 1. The Bertz CT molecular complexity index is 1280. The molecule has 0 bridgehead atoms. The number of nitro groups is 1. The number of halogens is 2. The Balaban J connectivity index is 1.67. The molecular formula is C22H20F2N4O5. The molecule has 0 spiro atoms. The molecule has 2 atom stereocenters. The van der Waals surface area contributed by atoms with E-state index < -0.39 is 45.8 Å². The summed E-state index contributed by atoms with van der Waals surface area (Å²) in [5.41, 5.74) is -1.87. The highest BCUT2D eigenvalue weighted by atomic mass is 19.1. The van der Waals surface area contributed by atoms with Crippen LogP contribution in [0.4, 0.5) is 14.5 Å². The minimum Gasteiger partial charge on any atom is -0.363 e. The number of aromatic amines is 1. The van der Waals surface area contributed by atoms with Crippen LogP contribution < -0.4 is 0 Å². The molecular weight excluding hydrogens is 438 g/mol. The van der Waals surface area contributed by atoms with Crippen molar-refractivity contribution in [2.45, 2.75) is 24.6 Å². The summed E-state index contributed by atoms with van der Waals surface area (Å²) in [5, 5.41) is 22.6. The van der Waals surface area contributed by atoms with Gasteiger partial charge in [0.25, 0.3) is 5.91 Å². The van der Waals surface area contributed by atoms with Gasteiger partial charge in [0.15, 0.2) is 0 Å². The molecule has 0 aliphatic carbocycles. The summed E-state index contributed by atoms with van der Waals surface area (Å²) in [7, 11) is 2.62. The number of amides is 2. The number of carbonyl (C=O) groups is 2. The number of nitrogens with zero attached hydrogens (tertiary/aromatic N) is 3. The number of carbonyl (C=O) groups excluding carboxylic acids is 2. The van der Waals surface area contributed by atoms with Crippen LogP contribution >= 0.6 is 0 Å². The predicted octanol–water partition coefficient (Wildman–Crippen LogP) is 2.13. The Kier molecular flexibility index (Phi) is 5.36. The first-order valence-electron chi connectivity index (χ1n) is 9.99. The van der Waals surface area contributed by atoms with Crippen LogP contribution in [0.15, 0.2) is 42.6 Å². The van der Waals surface area contributed by atoms with Gasteiger partial charge >= 0.3 is 5.69 Å². The molecule has 172 valence electrons. The van der Waals surface area contributed by atoms with Crippen molar-refractivity contribution in [1.82, 2.24) is 14.8 Å². The van der Waals surface area contributed by atoms with Crippen molar-refractivity contribution < 1.29 is 28.4 Å². The van der Waals surface area contributed by atoms with Crippen molar-refractivity contribution in [2.24, 2.45) is 0 Å². The molecule has 0 unspecified atom stereocenters. The number of H-pyrrole nitrogens is 1. The van der Waals surface area contributed by atoms with Gasteiger partial charge in [-0.05, 0) is 35.4 Å². The Morgan fingerprint density at radius 3 is 2.45 bits per heavy atom. The Labute approximate surface area is 186 Å². The third-order valence-electron chi connectivity index (χ3n) is 6.11. The van der Waals surface area contributed by atoms with Crippen LogP contribution in [0.5, 0.6) is 0 Å². The molecule has 1 aromatic heterocycles. The van der Waals surface area contributed by atoms with E-state index in [-0.39, 0.29) is 23.8 Å². The molecule has 1 aliphatic heterocycles. The molecule has 3 aromatic rings. The van der Waals surface area contributed by atoms with Crippen molar-refractivity contribution >= 4 is 28.4 Å². The average Bonchev–Trinajstić information content (AvgIpc) is 3.18. The van der Waals surface area contributed by atoms with Crippen LogP contribution in [0.1, 0.15) is 11.1 Å². The van der Waals surface area contributed by atoms with Crippen LogP contribution in [0.3, 0.4) is 0 Å². The second kappa shape index (κ2) is 7.93. The van der Waals surface area contributed by atoms with Crippen molar-refractivity contribution in [3.63, 3.8) is 0 Å². The SMILES string of the molecule is CN1C(=O)[C@](O)(Cc2ccc(F)cc2)N(C)C(=O)[C@@H]1Cc1c[nH]c2ccc(F)c([N+](=O)[O-])c12. The number of aliphatic hydroxyl groups is 1. The zero-order chi connectivity index (χ0) is 24.1. The third-order valence-corrected chi connectivity index (χ3v) is 6.11. The lowest BCUT2D eigenvalue weighted by Gasteiger charge is -2.47. The van der Waals surface area contributed by atoms with Gasteiger partial charge in [-0.1, -0.05) is 12.1 Å². The van der Waals surface area contributed by atoms with Gasteiger partial charge in [-0.2, -0.15) is 4.39 Å². The normalized spacial score (nSPS) is 21.2. The number of fused-ring (bicyclic) bond motifs is 1. The molecule has 2 amide bonds. The fourth-order valence-electron chi connectivity index (χ4n) is 4.24. The quantitative estimate of drug-likeness (QED) is 0.448. The predicted molar refractivity (Wildman–Crippen MR) is 113 cm³/mol. The van der Waals surface area contributed by atoms with Crippen molar-refractivity contribution in [3.8, 4) is 0 Å². The van der Waals surface area contributed by atoms with Crippen molar-refractivity contribution in [3.05, 3.63) is 75.5 Å². The van der Waals surface area contributed by atoms with E-state index in [1.165, 1.54) is 50.6 Å². The molecule has 1 saturated heterocycles. The topological polar surface area (TPSA) is 120 Å². The summed E-state index contributed by atoms with van der Waals surface area (Å²) >= 11 is 0. The number of hydrogen-bond donors (Lipinski definition) is 2. The molecule has 1 aliphatic rings. The molecule has 9 nitrogen and oxygen atoms in total. The molecule has 33 heavy (non-hydrogen) atoms. The number of likely N-dealkylation sites (N-methyl/N-ethyl adjacent to an activating group) is 2. The molecule has 4 rings (SSSR count). The van der Waals surface area contributed by atoms with E-state index in [4.69, 9.17) is 0 Å². The summed E-state index contributed by atoms with van der Waals surface area (Å²) in [5.74, 6) is -2.86. The van der Waals surface area contributed by atoms with E-state index in [9.17, 15) is 33.6 Å². The summed E-state index contributed by atoms with van der Waals surface area (Å²) in [6.07, 6.45) is 1.04. The second-order valence-corrected chi connectivity index (χ2v) is 8.04. The Hall–Kier alpha value is -3.86. The van der Waals surface area contributed by atoms with Crippen molar-refractivity contribution in [1.29, 1.82) is 0 Å². The lowest BCUT2D eigenvalue weighted by Crippen LogP contribution is -2.70. The maximum absolute atomic E-state index is 14.2. The van der Waals surface area contributed by atoms with Gasteiger partial charge in [-0.3, -0.25) is 19.7 Å². The fraction of sp³-hybridized carbons (Fsp3) is 0.273. The van der Waals surface area contributed by atoms with E-state index in [0.29, 0.717) is 11.1 Å². The van der Waals surface area contributed by atoms with Gasteiger partial charge in [-0.25, -0.2) is 4.39 Å². The zero-order valence-corrected chi connectivity index (χ0v) is 17.7. The maximum Gasteiger partial charge on any atom is 0.314 e. The van der Waals surface area contributed by atoms with Gasteiger partial charge in [0.2, 0.25) is 17.4 Å². The lowest BCUT2D eigenvalue weighted by molar-refractivity contribution is -0.385. The van der Waals surface area contributed by atoms with Gasteiger partial charge < -0.3 is 19.9 Å². The Morgan fingerprint density at radius 1 is 1.15 bits per heavy atom. The zero-order valence-electron chi connectivity index (χ0n) is 17.7. The number of aromatic nitrogens is 1. The van der Waals surface area contributed by atoms with Crippen LogP contribution in [-0.2, 0) is 22.4 Å². The molecule has 11 heteroatoms. The first kappa shape index (κ1) is 22.3. The number of nitro benzene ring substituents is 1. The van der Waals surface area contributed by atoms with E-state index in [1.54, 1.807) is 0 Å². The van der Waals surface area contributed by atoms with E-state index >= 15 is 0 Å². The Morgan fingerprint density at radius 2 is 1.82 bits per heavy atom. The van der Waals surface area contributed by atoms with E-state index in [0.717, 1.165) is 15.9 Å². The highest BCUT2D eigenvalue weighted by molar-refractivity contribution is 5.99. The molecule has 2 aromatic carbocycles. The standard InChI is InChI=1S/C22H20F2N4O5/c1-26-17(9-13-11-25-16-8-7-15(24)19(18(13)16)28(32)33)20(29)27(2)22(31,21(26)30)10-12-3-5-14(23)6-4-12/h3-8,11,17,25,31H,9-10H2,1-2H3/t17-,22+/m0/s1. The summed E-state index contributed by atoms with van der Waals surface area (Å²) in [6, 6.07) is 6.43. The monoisotopic (exact) mass is 458 g/mol. The smallest absolute Gasteiger partial charge is 0.314 e. The minimum atomic E-state index is -2.20. The van der Waals surface area contributed by atoms with E-state index in [1.807, 2.05) is 0 Å². The number of benzene rings is 2. The van der Waals surface area contributed by atoms with Crippen LogP contribution in [-0.4, -0.2) is 62.5 Å². The minimum absolute atomic E-state index is 0.0171. The molecule has 0 radical (unpaired) electrons. The van der Waals surface area contributed by atoms with E-state index in [2.05, 4.69) is 4.98 Å². The molecule has 1 fully saturated rings. The van der Waals surface area contributed by atoms with Crippen LogP contribution in [0.25, 0.3) is 10.9 Å². The van der Waals surface area contributed by atoms with Gasteiger partial charge in [-0.15, -0.1) is 0 Å². The summed E-state index contributed by atoms with van der Waals surface area (Å²) < 4.78 is 27.4. The maximum atomic E-state index is 14.2. The third kappa shape index (κ3) is 3.59. The number of rotatable bonds is 5. The summed E-state index contributed by atoms with van der Waals surface area (Å²) in [6.45, 7) is 0. The number of hydrogen-bond acceptors (Lipinski definition) is 5. The largest absolute Gasteiger partial charge is 0.363 e. The molecule has 2 N–H and O–H groups in total. The van der Waals surface area contributed by atoms with Crippen LogP contribution in [0, 0.1) is 21.7 Å². The number of piperazine rings is 1. The van der Waals surface area contributed by atoms with Gasteiger partial charge in [0, 0.05) is 33.1 Å². The molecule has 2 heterocycles. The van der Waals surface area contributed by atoms with Gasteiger partial charge in [0.1, 0.15) is 11.9 Å². The van der Waals surface area contributed by atoms with Gasteiger partial charge in [0.05, 0.1) is 15.8 Å². The molecule has 0 saturated carbocycles. The first-order chi connectivity index (χ1) is 15.5. The van der Waals surface area contributed by atoms with Crippen LogP contribution in [0.2, 0.25) is 0 Å². The second-order valence-electron chi connectivity index (χ2n) is 8.04. The van der Waals surface area contributed by atoms with Crippen molar-refractivity contribution in [2.75, 3.05) is 14.1 Å². The fourth-order valence-corrected chi connectivity index (χ4v) is 4.24. The summed E-state index contributed by atoms with van der Waals surface area (Å²) in [4.78, 5) is 41.8. The highest BCUT2D eigenvalue weighted by Crippen LogP contribution is 2.34. The average molecular weight is 458 g/mol. The first-order valence-corrected chi connectivity index (χ1v) is 9.99. The lowest BCUT2D eigenvalue weighted by atomic mass is 9.92. The highest BCUT2D eigenvalue weighted by Gasteiger charge is 2.53.